The Bertz CT molecular complexity index is 1880. The number of carbonyl (C=O) groups is 14. The number of primary amides is 2. The normalized spacial score (nSPS) is 14.7. The third kappa shape index (κ3) is 24.1. The van der Waals surface area contributed by atoms with E-state index in [0.29, 0.717) is 6.42 Å². The Morgan fingerprint density at radius 2 is 0.882 bits per heavy atom. The summed E-state index contributed by atoms with van der Waals surface area (Å²) in [7, 11) is 0. The number of carbonyl (C=O) groups excluding carboxylic acids is 10. The molecular weight excluding hydrogens is 914 g/mol. The lowest BCUT2D eigenvalue weighted by Crippen LogP contribution is -2.60. The lowest BCUT2D eigenvalue weighted by Gasteiger charge is -2.26. The zero-order valence-corrected chi connectivity index (χ0v) is 37.4. The van der Waals surface area contributed by atoms with Gasteiger partial charge in [0.2, 0.25) is 59.1 Å². The highest BCUT2D eigenvalue weighted by Crippen LogP contribution is 2.10. The minimum Gasteiger partial charge on any atom is -0.481 e. The summed E-state index contributed by atoms with van der Waals surface area (Å²) < 4.78 is 0. The van der Waals surface area contributed by atoms with Gasteiger partial charge in [0.25, 0.3) is 0 Å². The van der Waals surface area contributed by atoms with Crippen molar-refractivity contribution in [2.24, 2.45) is 23.1 Å². The Labute approximate surface area is 387 Å². The van der Waals surface area contributed by atoms with Gasteiger partial charge in [-0.05, 0) is 38.5 Å². The molecule has 0 aromatic heterocycles. The number of carboxylic acids is 4. The molecule has 0 aliphatic rings. The van der Waals surface area contributed by atoms with Crippen LogP contribution in [0.25, 0.3) is 0 Å². The fourth-order valence-electron chi connectivity index (χ4n) is 5.64. The van der Waals surface area contributed by atoms with Crippen molar-refractivity contribution >= 4 is 82.9 Å². The van der Waals surface area contributed by atoms with Gasteiger partial charge in [-0.3, -0.25) is 62.3 Å². The number of amides is 10. The Balaban J connectivity index is 6.11. The van der Waals surface area contributed by atoms with E-state index < -0.39 is 208 Å². The van der Waals surface area contributed by atoms with Crippen molar-refractivity contribution in [2.45, 2.75) is 133 Å². The van der Waals surface area contributed by atoms with Crippen LogP contribution in [0.15, 0.2) is 0 Å². The van der Waals surface area contributed by atoms with Crippen molar-refractivity contribution in [2.75, 3.05) is 13.2 Å². The average Bonchev–Trinajstić information content (AvgIpc) is 3.25. The first-order valence-electron chi connectivity index (χ1n) is 20.8. The first kappa shape index (κ1) is 60.5. The first-order chi connectivity index (χ1) is 31.6. The van der Waals surface area contributed by atoms with Gasteiger partial charge in [0, 0.05) is 25.7 Å². The second-order valence-corrected chi connectivity index (χ2v) is 15.3. The third-order valence-corrected chi connectivity index (χ3v) is 9.70. The van der Waals surface area contributed by atoms with Crippen molar-refractivity contribution in [1.29, 1.82) is 0 Å². The molecule has 68 heavy (non-hydrogen) atoms. The van der Waals surface area contributed by atoms with Crippen LogP contribution in [0, 0.1) is 5.92 Å². The molecule has 10 amide bonds. The van der Waals surface area contributed by atoms with Crippen LogP contribution in [-0.2, 0) is 67.1 Å². The van der Waals surface area contributed by atoms with Gasteiger partial charge in [-0.1, -0.05) is 20.3 Å². The smallest absolute Gasteiger partial charge is 0.326 e. The van der Waals surface area contributed by atoms with Gasteiger partial charge in [0.15, 0.2) is 0 Å². The van der Waals surface area contributed by atoms with E-state index in [2.05, 4.69) is 42.5 Å². The molecule has 9 atom stereocenters. The van der Waals surface area contributed by atoms with Crippen LogP contribution in [-0.4, -0.2) is 170 Å². The van der Waals surface area contributed by atoms with Crippen molar-refractivity contribution in [3.8, 4) is 0 Å². The molecule has 0 aromatic rings. The maximum Gasteiger partial charge on any atom is 0.326 e. The molecule has 0 unspecified atom stereocenters. The molecule has 0 aromatic carbocycles. The number of aliphatic hydroxyl groups excluding tert-OH is 1. The highest BCUT2D eigenvalue weighted by Gasteiger charge is 2.34. The monoisotopic (exact) mass is 975 g/mol. The summed E-state index contributed by atoms with van der Waals surface area (Å²) in [5, 5.41) is 64.5. The van der Waals surface area contributed by atoms with Crippen LogP contribution in [0.3, 0.4) is 0 Å². The zero-order valence-electron chi connectivity index (χ0n) is 37.4. The van der Waals surface area contributed by atoms with Gasteiger partial charge in [-0.25, -0.2) is 4.79 Å². The maximum absolute atomic E-state index is 13.4. The lowest BCUT2D eigenvalue weighted by atomic mass is 9.98. The van der Waals surface area contributed by atoms with Crippen LogP contribution in [0.2, 0.25) is 0 Å². The predicted octanol–water partition coefficient (Wildman–Crippen LogP) is -7.30. The highest BCUT2D eigenvalue weighted by molar-refractivity contribution is 5.98. The Hall–Kier alpha value is -7.50. The molecule has 0 saturated carbocycles. The number of aliphatic carboxylic acids is 4. The molecule has 0 saturated heterocycles. The zero-order chi connectivity index (χ0) is 52.4. The number of carboxylic acid groups (broad SMARTS) is 4. The summed E-state index contributed by atoms with van der Waals surface area (Å²) in [6, 6.07) is -13.2. The van der Waals surface area contributed by atoms with E-state index in [9.17, 15) is 87.5 Å². The van der Waals surface area contributed by atoms with Crippen LogP contribution in [0.4, 0.5) is 0 Å². The van der Waals surface area contributed by atoms with E-state index in [4.69, 9.17) is 22.3 Å². The van der Waals surface area contributed by atoms with E-state index in [1.165, 1.54) is 6.92 Å². The largest absolute Gasteiger partial charge is 0.481 e. The van der Waals surface area contributed by atoms with E-state index in [-0.39, 0.29) is 0 Å². The van der Waals surface area contributed by atoms with Gasteiger partial charge >= 0.3 is 23.9 Å². The number of nitrogens with two attached hydrogens (primary N) is 3. The second-order valence-electron chi connectivity index (χ2n) is 15.3. The minimum atomic E-state index is -1.92. The van der Waals surface area contributed by atoms with E-state index in [0.717, 1.165) is 6.92 Å². The first-order valence-corrected chi connectivity index (χ1v) is 20.8. The standard InChI is InChI=1S/C38H61N11O19/c1-4-16(2)30(38(67)68)49-36(65)22(8-12-29(58)59)45-31(60)17(3)43-37(66)23(15-50)48-35(64)21(7-11-28(56)57)47-34(63)20(6-10-27(54)55)44-26(53)14-42-33(62)19(5-9-24(40)51)46-32(61)18(39)13-25(41)52/h16-23,30,50H,4-15,39H2,1-3H3,(H2,40,51)(H2,41,52)(H,42,62)(H,43,66)(H,44,53)(H,45,60)(H,46,61)(H,47,63)(H,48,64)(H,49,65)(H,54,55)(H,56,57)(H,58,59)(H,67,68)/t16-,17-,18-,19-,20-,21-,22-,23-,30-/m0/s1. The fourth-order valence-corrected chi connectivity index (χ4v) is 5.64. The number of hydrogen-bond donors (Lipinski definition) is 16. The van der Waals surface area contributed by atoms with Crippen molar-refractivity contribution in [3.05, 3.63) is 0 Å². The molecule has 0 rings (SSSR count). The Kier molecular flexibility index (Phi) is 27.3. The van der Waals surface area contributed by atoms with Gasteiger partial charge < -0.3 is 85.3 Å². The molecular formula is C38H61N11O19. The number of rotatable bonds is 34. The molecule has 0 aliphatic heterocycles. The molecule has 0 heterocycles. The van der Waals surface area contributed by atoms with Gasteiger partial charge in [0.1, 0.15) is 42.3 Å². The van der Waals surface area contributed by atoms with Crippen LogP contribution in [0.1, 0.15) is 85.0 Å². The van der Waals surface area contributed by atoms with Gasteiger partial charge in [-0.15, -0.1) is 0 Å². The molecule has 0 spiro atoms. The third-order valence-electron chi connectivity index (χ3n) is 9.70. The summed E-state index contributed by atoms with van der Waals surface area (Å²) in [6.07, 6.45) is -5.20. The Morgan fingerprint density at radius 3 is 1.31 bits per heavy atom. The van der Waals surface area contributed by atoms with Crippen LogP contribution < -0.4 is 59.7 Å². The number of hydrogen-bond acceptors (Lipinski definition) is 16. The predicted molar refractivity (Wildman–Crippen MR) is 227 cm³/mol. The molecule has 0 fully saturated rings. The average molecular weight is 976 g/mol. The summed E-state index contributed by atoms with van der Waals surface area (Å²) >= 11 is 0. The molecule has 0 bridgehead atoms. The molecule has 0 radical (unpaired) electrons. The van der Waals surface area contributed by atoms with Crippen molar-refractivity contribution in [1.82, 2.24) is 42.5 Å². The maximum atomic E-state index is 13.4. The molecule has 19 N–H and O–H groups in total. The summed E-state index contributed by atoms with van der Waals surface area (Å²) in [5.41, 5.74) is 15.7. The fraction of sp³-hybridized carbons (Fsp3) is 0.632. The van der Waals surface area contributed by atoms with Gasteiger partial charge in [-0.2, -0.15) is 0 Å². The summed E-state index contributed by atoms with van der Waals surface area (Å²) in [6.45, 7) is 2.16. The number of aliphatic hydroxyl groups is 1. The Morgan fingerprint density at radius 1 is 0.485 bits per heavy atom. The van der Waals surface area contributed by atoms with Crippen LogP contribution >= 0.6 is 0 Å². The van der Waals surface area contributed by atoms with Crippen molar-refractivity contribution in [3.63, 3.8) is 0 Å². The van der Waals surface area contributed by atoms with Crippen LogP contribution in [0.5, 0.6) is 0 Å². The molecule has 30 nitrogen and oxygen atoms in total. The van der Waals surface area contributed by atoms with Crippen molar-refractivity contribution < 1.29 is 92.7 Å². The lowest BCUT2D eigenvalue weighted by molar-refractivity contribution is -0.144. The van der Waals surface area contributed by atoms with E-state index >= 15 is 0 Å². The number of nitrogens with one attached hydrogen (secondary N) is 8. The quantitative estimate of drug-likeness (QED) is 0.0285. The molecule has 30 heteroatoms. The molecule has 382 valence electrons. The topological polar surface area (TPSA) is 514 Å². The summed E-state index contributed by atoms with van der Waals surface area (Å²) in [4.78, 5) is 173. The van der Waals surface area contributed by atoms with E-state index in [1.807, 2.05) is 0 Å². The SMILES string of the molecule is CC[C@H](C)[C@H](NC(=O)[C@H](CCC(=O)O)NC(=O)[C@H](C)NC(=O)[C@H](CO)NC(=O)[C@H](CCC(=O)O)NC(=O)[C@H](CCC(=O)O)NC(=O)CNC(=O)[C@H](CCC(N)=O)NC(=O)[C@@H](N)CC(N)=O)C(=O)O. The molecule has 0 aliphatic carbocycles. The minimum absolute atomic E-state index is 0.325. The highest BCUT2D eigenvalue weighted by atomic mass is 16.4. The summed E-state index contributed by atoms with van der Waals surface area (Å²) in [5.74, 6) is -17.3. The van der Waals surface area contributed by atoms with E-state index in [1.54, 1.807) is 6.92 Å². The van der Waals surface area contributed by atoms with Gasteiger partial charge in [0.05, 0.1) is 25.6 Å². The second kappa shape index (κ2) is 30.7.